The Hall–Kier alpha value is -1.93. The number of hydrogen-bond donors (Lipinski definition) is 2. The lowest BCUT2D eigenvalue weighted by Crippen LogP contribution is -1.92. The molecule has 2 N–H and O–H groups in total. The molecule has 20 heavy (non-hydrogen) atoms. The summed E-state index contributed by atoms with van der Waals surface area (Å²) in [5.41, 5.74) is 4.78. The molecule has 0 bridgehead atoms. The molecule has 0 atom stereocenters. The molecule has 0 aliphatic carbocycles. The third-order valence-electron chi connectivity index (χ3n) is 3.68. The molecule has 0 saturated carbocycles. The topological polar surface area (TPSA) is 36.0 Å². The van der Waals surface area contributed by atoms with E-state index >= 15 is 0 Å². The number of nitrogens with one attached hydrogen (secondary N) is 1. The number of fused-ring (bicyclic) bond motifs is 1. The lowest BCUT2D eigenvalue weighted by molar-refractivity contribution is 0.476. The summed E-state index contributed by atoms with van der Waals surface area (Å²) in [7, 11) is 0. The fraction of sp³-hybridized carbons (Fsp3) is 0.176. The van der Waals surface area contributed by atoms with E-state index in [0.717, 1.165) is 28.8 Å². The van der Waals surface area contributed by atoms with Gasteiger partial charge >= 0.3 is 0 Å². The van der Waals surface area contributed by atoms with Crippen molar-refractivity contribution in [3.8, 4) is 5.75 Å². The smallest absolute Gasteiger partial charge is 0.116 e. The van der Waals surface area contributed by atoms with E-state index in [1.165, 1.54) is 16.8 Å². The number of aromatic hydroxyl groups is 1. The first-order valence-corrected chi connectivity index (χ1v) is 7.06. The molecule has 102 valence electrons. The first-order valence-electron chi connectivity index (χ1n) is 6.68. The normalized spacial score (nSPS) is 11.1. The van der Waals surface area contributed by atoms with Crippen molar-refractivity contribution in [1.29, 1.82) is 0 Å². The van der Waals surface area contributed by atoms with Crippen LogP contribution in [-0.2, 0) is 12.8 Å². The van der Waals surface area contributed by atoms with Crippen LogP contribution in [0.15, 0.2) is 42.5 Å². The molecule has 1 heterocycles. The number of aromatic amines is 1. The summed E-state index contributed by atoms with van der Waals surface area (Å²) in [6, 6.07) is 13.4. The highest BCUT2D eigenvalue weighted by Gasteiger charge is 2.09. The van der Waals surface area contributed by atoms with Gasteiger partial charge in [-0.1, -0.05) is 23.7 Å². The number of benzene rings is 2. The fourth-order valence-electron chi connectivity index (χ4n) is 2.61. The first kappa shape index (κ1) is 13.1. The molecule has 0 radical (unpaired) electrons. The van der Waals surface area contributed by atoms with Crippen LogP contribution in [0.25, 0.3) is 10.9 Å². The van der Waals surface area contributed by atoms with Gasteiger partial charge in [0, 0.05) is 21.6 Å². The van der Waals surface area contributed by atoms with Crippen molar-refractivity contribution < 1.29 is 5.11 Å². The van der Waals surface area contributed by atoms with Crippen molar-refractivity contribution >= 4 is 22.5 Å². The molecule has 0 amide bonds. The van der Waals surface area contributed by atoms with Crippen molar-refractivity contribution in [3.05, 3.63) is 64.3 Å². The summed E-state index contributed by atoms with van der Waals surface area (Å²) in [5, 5.41) is 11.5. The second-order valence-electron chi connectivity index (χ2n) is 5.08. The van der Waals surface area contributed by atoms with Gasteiger partial charge in [-0.05, 0) is 61.2 Å². The van der Waals surface area contributed by atoms with Gasteiger partial charge < -0.3 is 10.1 Å². The standard InChI is InChI=1S/C17H16ClNO/c1-11-15(8-4-12-2-5-13(18)6-3-12)16-10-14(20)7-9-17(16)19-11/h2-3,5-7,9-10,19-20H,4,8H2,1H3. The Morgan fingerprint density at radius 2 is 1.80 bits per heavy atom. The molecule has 0 fully saturated rings. The number of rotatable bonds is 3. The number of H-pyrrole nitrogens is 1. The van der Waals surface area contributed by atoms with Gasteiger partial charge in [-0.15, -0.1) is 0 Å². The van der Waals surface area contributed by atoms with Crippen molar-refractivity contribution in [2.24, 2.45) is 0 Å². The number of halogens is 1. The maximum atomic E-state index is 9.65. The van der Waals surface area contributed by atoms with Crippen molar-refractivity contribution in [2.45, 2.75) is 19.8 Å². The van der Waals surface area contributed by atoms with E-state index in [9.17, 15) is 5.11 Å². The third kappa shape index (κ3) is 2.52. The predicted octanol–water partition coefficient (Wildman–Crippen LogP) is 4.62. The Kier molecular flexibility index (Phi) is 3.41. The highest BCUT2D eigenvalue weighted by Crippen LogP contribution is 2.27. The highest BCUT2D eigenvalue weighted by molar-refractivity contribution is 6.30. The van der Waals surface area contributed by atoms with Gasteiger partial charge in [0.05, 0.1) is 0 Å². The minimum absolute atomic E-state index is 0.309. The van der Waals surface area contributed by atoms with E-state index in [0.29, 0.717) is 5.75 Å². The van der Waals surface area contributed by atoms with Gasteiger partial charge in [-0.25, -0.2) is 0 Å². The van der Waals surface area contributed by atoms with Crippen molar-refractivity contribution in [3.63, 3.8) is 0 Å². The summed E-state index contributed by atoms with van der Waals surface area (Å²) in [6.45, 7) is 2.08. The number of phenols is 1. The van der Waals surface area contributed by atoms with Gasteiger partial charge in [-0.3, -0.25) is 0 Å². The summed E-state index contributed by atoms with van der Waals surface area (Å²) in [6.07, 6.45) is 1.90. The van der Waals surface area contributed by atoms with Crippen LogP contribution in [0.1, 0.15) is 16.8 Å². The molecule has 2 aromatic carbocycles. The molecular weight excluding hydrogens is 270 g/mol. The van der Waals surface area contributed by atoms with Crippen LogP contribution in [0.4, 0.5) is 0 Å². The predicted molar refractivity (Wildman–Crippen MR) is 83.6 cm³/mol. The summed E-state index contributed by atoms with van der Waals surface area (Å²) in [5.74, 6) is 0.309. The summed E-state index contributed by atoms with van der Waals surface area (Å²) >= 11 is 5.90. The zero-order chi connectivity index (χ0) is 14.1. The number of aromatic nitrogens is 1. The molecule has 3 rings (SSSR count). The van der Waals surface area contributed by atoms with E-state index in [2.05, 4.69) is 24.0 Å². The third-order valence-corrected chi connectivity index (χ3v) is 3.93. The largest absolute Gasteiger partial charge is 0.508 e. The van der Waals surface area contributed by atoms with Crippen LogP contribution in [0.2, 0.25) is 5.02 Å². The second-order valence-corrected chi connectivity index (χ2v) is 5.52. The van der Waals surface area contributed by atoms with Crippen LogP contribution in [0.5, 0.6) is 5.75 Å². The average Bonchev–Trinajstić information content (AvgIpc) is 2.73. The Morgan fingerprint density at radius 3 is 2.55 bits per heavy atom. The first-order chi connectivity index (χ1) is 9.63. The molecule has 0 saturated heterocycles. The molecular formula is C17H16ClNO. The Bertz CT molecular complexity index is 744. The van der Waals surface area contributed by atoms with Crippen LogP contribution in [0, 0.1) is 6.92 Å². The van der Waals surface area contributed by atoms with Crippen molar-refractivity contribution in [2.75, 3.05) is 0 Å². The Balaban J connectivity index is 1.88. The maximum absolute atomic E-state index is 9.65. The quantitative estimate of drug-likeness (QED) is 0.724. The minimum Gasteiger partial charge on any atom is -0.508 e. The maximum Gasteiger partial charge on any atom is 0.116 e. The lowest BCUT2D eigenvalue weighted by atomic mass is 10.0. The number of aryl methyl sites for hydroxylation is 3. The van der Waals surface area contributed by atoms with Gasteiger partial charge in [0.25, 0.3) is 0 Å². The van der Waals surface area contributed by atoms with Gasteiger partial charge in [-0.2, -0.15) is 0 Å². The van der Waals surface area contributed by atoms with Crippen LogP contribution < -0.4 is 0 Å². The van der Waals surface area contributed by atoms with Crippen LogP contribution in [-0.4, -0.2) is 10.1 Å². The summed E-state index contributed by atoms with van der Waals surface area (Å²) < 4.78 is 0. The average molecular weight is 286 g/mol. The van der Waals surface area contributed by atoms with Crippen molar-refractivity contribution in [1.82, 2.24) is 4.98 Å². The molecule has 2 nitrogen and oxygen atoms in total. The monoisotopic (exact) mass is 285 g/mol. The zero-order valence-corrected chi connectivity index (χ0v) is 12.0. The van der Waals surface area contributed by atoms with Crippen LogP contribution >= 0.6 is 11.6 Å². The lowest BCUT2D eigenvalue weighted by Gasteiger charge is -2.03. The van der Waals surface area contributed by atoms with E-state index in [-0.39, 0.29) is 0 Å². The van der Waals surface area contributed by atoms with E-state index in [1.54, 1.807) is 6.07 Å². The van der Waals surface area contributed by atoms with Crippen LogP contribution in [0.3, 0.4) is 0 Å². The molecule has 3 aromatic rings. The molecule has 0 unspecified atom stereocenters. The number of phenolic OH excluding ortho intramolecular Hbond substituents is 1. The van der Waals surface area contributed by atoms with E-state index < -0.39 is 0 Å². The summed E-state index contributed by atoms with van der Waals surface area (Å²) in [4.78, 5) is 3.37. The SMILES string of the molecule is Cc1[nH]c2ccc(O)cc2c1CCc1ccc(Cl)cc1. The van der Waals surface area contributed by atoms with E-state index in [1.807, 2.05) is 24.3 Å². The molecule has 0 spiro atoms. The van der Waals surface area contributed by atoms with Gasteiger partial charge in [0.1, 0.15) is 5.75 Å². The number of hydrogen-bond acceptors (Lipinski definition) is 1. The van der Waals surface area contributed by atoms with Gasteiger partial charge in [0.15, 0.2) is 0 Å². The second kappa shape index (κ2) is 5.22. The molecule has 0 aliphatic heterocycles. The fourth-order valence-corrected chi connectivity index (χ4v) is 2.74. The Morgan fingerprint density at radius 1 is 1.05 bits per heavy atom. The highest BCUT2D eigenvalue weighted by atomic mass is 35.5. The Labute approximate surface area is 123 Å². The zero-order valence-electron chi connectivity index (χ0n) is 11.3. The molecule has 0 aliphatic rings. The van der Waals surface area contributed by atoms with E-state index in [4.69, 9.17) is 11.6 Å². The molecule has 3 heteroatoms. The van der Waals surface area contributed by atoms with Gasteiger partial charge in [0.2, 0.25) is 0 Å². The molecule has 1 aromatic heterocycles. The minimum atomic E-state index is 0.309.